The molecule has 4 nitrogen and oxygen atoms in total. The Balaban J connectivity index is 2.62. The summed E-state index contributed by atoms with van der Waals surface area (Å²) in [5.74, 6) is 0. The number of sulfone groups is 1. The summed E-state index contributed by atoms with van der Waals surface area (Å²) in [6, 6.07) is 7.54. The number of aromatic nitrogens is 2. The van der Waals surface area contributed by atoms with Gasteiger partial charge in [-0.2, -0.15) is 0 Å². The molecular weight excluding hydrogens is 244 g/mol. The highest BCUT2D eigenvalue weighted by molar-refractivity contribution is 7.92. The molecule has 6 heteroatoms. The standard InChI is InChI=1S/C10H10N2O2S2/c1-7-4-3-5-8(6-7)9-10(15-12-11-9)16(2,13)14/h3-6H,1-2H3. The highest BCUT2D eigenvalue weighted by atomic mass is 32.2. The smallest absolute Gasteiger partial charge is 0.188 e. The number of aryl methyl sites for hydroxylation is 1. The van der Waals surface area contributed by atoms with Crippen LogP contribution in [-0.4, -0.2) is 24.3 Å². The van der Waals surface area contributed by atoms with Crippen molar-refractivity contribution in [2.45, 2.75) is 11.1 Å². The largest absolute Gasteiger partial charge is 0.223 e. The van der Waals surface area contributed by atoms with Gasteiger partial charge in [-0.3, -0.25) is 0 Å². The van der Waals surface area contributed by atoms with Crippen molar-refractivity contribution < 1.29 is 8.42 Å². The molecule has 0 amide bonds. The maximum absolute atomic E-state index is 11.5. The lowest BCUT2D eigenvalue weighted by Gasteiger charge is -2.00. The summed E-state index contributed by atoms with van der Waals surface area (Å²) < 4.78 is 26.9. The Morgan fingerprint density at radius 3 is 2.69 bits per heavy atom. The topological polar surface area (TPSA) is 59.9 Å². The van der Waals surface area contributed by atoms with Crippen LogP contribution >= 0.6 is 11.5 Å². The maximum Gasteiger partial charge on any atom is 0.188 e. The number of hydrogen-bond acceptors (Lipinski definition) is 5. The van der Waals surface area contributed by atoms with Crippen molar-refractivity contribution in [3.8, 4) is 11.3 Å². The Kier molecular flexibility index (Phi) is 2.77. The molecule has 0 N–H and O–H groups in total. The number of nitrogens with zero attached hydrogens (tertiary/aromatic N) is 2. The Morgan fingerprint density at radius 2 is 2.06 bits per heavy atom. The van der Waals surface area contributed by atoms with Crippen molar-refractivity contribution in [2.24, 2.45) is 0 Å². The van der Waals surface area contributed by atoms with Crippen LogP contribution in [0.25, 0.3) is 11.3 Å². The van der Waals surface area contributed by atoms with E-state index in [2.05, 4.69) is 9.59 Å². The van der Waals surface area contributed by atoms with Crippen molar-refractivity contribution in [1.82, 2.24) is 9.59 Å². The van der Waals surface area contributed by atoms with Crippen molar-refractivity contribution in [3.05, 3.63) is 29.8 Å². The molecule has 0 saturated carbocycles. The molecule has 84 valence electrons. The third kappa shape index (κ3) is 2.12. The Morgan fingerprint density at radius 1 is 1.31 bits per heavy atom. The van der Waals surface area contributed by atoms with Crippen molar-refractivity contribution in [3.63, 3.8) is 0 Å². The lowest BCUT2D eigenvalue weighted by atomic mass is 10.1. The molecule has 1 aromatic carbocycles. The van der Waals surface area contributed by atoms with Crippen LogP contribution in [0.2, 0.25) is 0 Å². The van der Waals surface area contributed by atoms with E-state index in [4.69, 9.17) is 0 Å². The molecule has 2 aromatic rings. The molecule has 0 spiro atoms. The second kappa shape index (κ2) is 3.95. The quantitative estimate of drug-likeness (QED) is 0.821. The normalized spacial score (nSPS) is 11.6. The summed E-state index contributed by atoms with van der Waals surface area (Å²) in [6.45, 7) is 1.95. The highest BCUT2D eigenvalue weighted by Crippen LogP contribution is 2.28. The zero-order chi connectivity index (χ0) is 11.8. The van der Waals surface area contributed by atoms with E-state index in [1.807, 2.05) is 31.2 Å². The van der Waals surface area contributed by atoms with Gasteiger partial charge in [-0.05, 0) is 13.0 Å². The van der Waals surface area contributed by atoms with Crippen LogP contribution in [0.1, 0.15) is 5.56 Å². The Bertz CT molecular complexity index is 617. The number of rotatable bonds is 2. The minimum Gasteiger partial charge on any atom is -0.223 e. The van der Waals surface area contributed by atoms with E-state index < -0.39 is 9.84 Å². The summed E-state index contributed by atoms with van der Waals surface area (Å²) in [4.78, 5) is 0. The first kappa shape index (κ1) is 11.2. The van der Waals surface area contributed by atoms with E-state index in [1.165, 1.54) is 6.26 Å². The third-order valence-electron chi connectivity index (χ3n) is 2.09. The molecule has 0 aliphatic carbocycles. The van der Waals surface area contributed by atoms with Gasteiger partial charge in [0, 0.05) is 23.4 Å². The Hall–Kier alpha value is -1.27. The minimum atomic E-state index is -3.26. The average Bonchev–Trinajstić information content (AvgIpc) is 2.65. The van der Waals surface area contributed by atoms with Crippen LogP contribution in [0.15, 0.2) is 28.5 Å². The molecular formula is C10H10N2O2S2. The van der Waals surface area contributed by atoms with E-state index in [9.17, 15) is 8.42 Å². The predicted octanol–water partition coefficient (Wildman–Crippen LogP) is 1.92. The molecule has 0 radical (unpaired) electrons. The zero-order valence-electron chi connectivity index (χ0n) is 8.84. The number of hydrogen-bond donors (Lipinski definition) is 0. The van der Waals surface area contributed by atoms with Gasteiger partial charge in [0.15, 0.2) is 14.0 Å². The van der Waals surface area contributed by atoms with Crippen LogP contribution in [0.5, 0.6) is 0 Å². The van der Waals surface area contributed by atoms with Crippen LogP contribution < -0.4 is 0 Å². The fraction of sp³-hybridized carbons (Fsp3) is 0.200. The van der Waals surface area contributed by atoms with E-state index in [1.54, 1.807) is 0 Å². The van der Waals surface area contributed by atoms with Gasteiger partial charge in [-0.25, -0.2) is 8.42 Å². The van der Waals surface area contributed by atoms with Crippen LogP contribution in [0.3, 0.4) is 0 Å². The summed E-state index contributed by atoms with van der Waals surface area (Å²) in [6.07, 6.45) is 1.17. The highest BCUT2D eigenvalue weighted by Gasteiger charge is 2.19. The van der Waals surface area contributed by atoms with E-state index in [-0.39, 0.29) is 4.21 Å². The molecule has 0 unspecified atom stereocenters. The SMILES string of the molecule is Cc1cccc(-c2nnsc2S(C)(=O)=O)c1. The summed E-state index contributed by atoms with van der Waals surface area (Å²) in [5.41, 5.74) is 2.29. The van der Waals surface area contributed by atoms with Crippen molar-refractivity contribution in [2.75, 3.05) is 6.26 Å². The first-order valence-corrected chi connectivity index (χ1v) is 7.24. The van der Waals surface area contributed by atoms with Crippen LogP contribution in [0, 0.1) is 6.92 Å². The fourth-order valence-corrected chi connectivity index (χ4v) is 2.99. The van der Waals surface area contributed by atoms with E-state index in [0.717, 1.165) is 22.7 Å². The van der Waals surface area contributed by atoms with Gasteiger partial charge in [-0.15, -0.1) is 5.10 Å². The zero-order valence-corrected chi connectivity index (χ0v) is 10.5. The lowest BCUT2D eigenvalue weighted by molar-refractivity contribution is 0.604. The molecule has 0 atom stereocenters. The predicted molar refractivity (Wildman–Crippen MR) is 63.2 cm³/mol. The second-order valence-corrected chi connectivity index (χ2v) is 6.52. The molecule has 0 saturated heterocycles. The molecule has 0 aliphatic heterocycles. The van der Waals surface area contributed by atoms with Gasteiger partial charge >= 0.3 is 0 Å². The molecule has 1 aromatic heterocycles. The Labute approximate surface area is 98.0 Å². The molecule has 1 heterocycles. The average molecular weight is 254 g/mol. The van der Waals surface area contributed by atoms with Gasteiger partial charge in [-0.1, -0.05) is 28.3 Å². The fourth-order valence-electron chi connectivity index (χ4n) is 1.39. The number of benzene rings is 1. The lowest BCUT2D eigenvalue weighted by Crippen LogP contribution is -1.96. The maximum atomic E-state index is 11.5. The summed E-state index contributed by atoms with van der Waals surface area (Å²) in [5, 5.41) is 3.88. The second-order valence-electron chi connectivity index (χ2n) is 3.55. The summed E-state index contributed by atoms with van der Waals surface area (Å²) in [7, 11) is -3.26. The van der Waals surface area contributed by atoms with Crippen LogP contribution in [-0.2, 0) is 9.84 Å². The van der Waals surface area contributed by atoms with E-state index in [0.29, 0.717) is 5.69 Å². The monoisotopic (exact) mass is 254 g/mol. The molecule has 16 heavy (non-hydrogen) atoms. The molecule has 0 fully saturated rings. The molecule has 0 aliphatic rings. The minimum absolute atomic E-state index is 0.220. The first-order chi connectivity index (χ1) is 7.48. The van der Waals surface area contributed by atoms with E-state index >= 15 is 0 Å². The van der Waals surface area contributed by atoms with Gasteiger partial charge in [0.25, 0.3) is 0 Å². The molecule has 2 rings (SSSR count). The van der Waals surface area contributed by atoms with Gasteiger partial charge in [0.2, 0.25) is 0 Å². The van der Waals surface area contributed by atoms with Gasteiger partial charge in [0.1, 0.15) is 5.69 Å². The molecule has 0 bridgehead atoms. The summed E-state index contributed by atoms with van der Waals surface area (Å²) >= 11 is 0.908. The van der Waals surface area contributed by atoms with Gasteiger partial charge in [0.05, 0.1) is 0 Å². The first-order valence-electron chi connectivity index (χ1n) is 4.58. The van der Waals surface area contributed by atoms with Crippen LogP contribution in [0.4, 0.5) is 0 Å². The van der Waals surface area contributed by atoms with Crippen molar-refractivity contribution >= 4 is 21.4 Å². The third-order valence-corrected chi connectivity index (χ3v) is 4.61. The van der Waals surface area contributed by atoms with Gasteiger partial charge < -0.3 is 0 Å². The van der Waals surface area contributed by atoms with Crippen molar-refractivity contribution in [1.29, 1.82) is 0 Å².